The topological polar surface area (TPSA) is 54.4 Å². The summed E-state index contributed by atoms with van der Waals surface area (Å²) in [6.45, 7) is 1.69. The molecule has 0 aromatic rings. The molecular formula is C13H13Cl7O3S. The summed E-state index contributed by atoms with van der Waals surface area (Å²) < 4.78 is 26.1. The Kier molecular flexibility index (Phi) is 6.14. The van der Waals surface area contributed by atoms with Gasteiger partial charge in [0.15, 0.2) is 4.33 Å². The quantitative estimate of drug-likeness (QED) is 0.310. The predicted molar refractivity (Wildman–Crippen MR) is 103 cm³/mol. The minimum atomic E-state index is -3.67. The van der Waals surface area contributed by atoms with Crippen molar-refractivity contribution in [2.45, 2.75) is 32.8 Å². The molecule has 138 valence electrons. The van der Waals surface area contributed by atoms with Crippen molar-refractivity contribution in [3.8, 4) is 0 Å². The molecule has 11 heteroatoms. The van der Waals surface area contributed by atoms with Crippen LogP contribution >= 0.6 is 81.2 Å². The van der Waals surface area contributed by atoms with Crippen LogP contribution in [0.4, 0.5) is 0 Å². The summed E-state index contributed by atoms with van der Waals surface area (Å²) in [7, 11) is -3.67. The molecule has 0 heterocycles. The Labute approximate surface area is 175 Å². The third-order valence-corrected chi connectivity index (χ3v) is 9.99. The second-order valence-corrected chi connectivity index (χ2v) is 11.1. The molecule has 0 radical (unpaired) electrons. The van der Waals surface area contributed by atoms with E-state index in [9.17, 15) is 8.42 Å². The molecule has 0 aromatic carbocycles. The van der Waals surface area contributed by atoms with Crippen molar-refractivity contribution in [2.24, 2.45) is 11.8 Å². The number of hydrogen-bond donors (Lipinski definition) is 1. The fourth-order valence-electron chi connectivity index (χ4n) is 3.34. The molecule has 3 nitrogen and oxygen atoms in total. The molecule has 0 amide bonds. The maximum atomic E-state index is 9.79. The summed E-state index contributed by atoms with van der Waals surface area (Å²) in [6, 6.07) is 0. The Hall–Kier alpha value is 1.42. The molecule has 2 bridgehead atoms. The molecule has 5 atom stereocenters. The van der Waals surface area contributed by atoms with Gasteiger partial charge >= 0.3 is 0 Å². The van der Waals surface area contributed by atoms with Gasteiger partial charge in [0.05, 0.1) is 21.2 Å². The molecule has 0 spiro atoms. The molecule has 1 fully saturated rings. The molecule has 1 N–H and O–H groups in total. The van der Waals surface area contributed by atoms with Crippen molar-refractivity contribution in [1.29, 1.82) is 0 Å². The van der Waals surface area contributed by atoms with Crippen LogP contribution in [-0.2, 0) is 10.1 Å². The lowest BCUT2D eigenvalue weighted by Gasteiger charge is -2.34. The van der Waals surface area contributed by atoms with Gasteiger partial charge in [-0.1, -0.05) is 65.5 Å². The molecule has 0 saturated heterocycles. The van der Waals surface area contributed by atoms with Gasteiger partial charge in [0.2, 0.25) is 0 Å². The Bertz CT molecular complexity index is 704. The van der Waals surface area contributed by atoms with E-state index in [1.165, 1.54) is 0 Å². The third-order valence-electron chi connectivity index (χ3n) is 4.36. The van der Waals surface area contributed by atoms with Gasteiger partial charge in [-0.25, -0.2) is 0 Å². The van der Waals surface area contributed by atoms with Gasteiger partial charge in [-0.15, -0.1) is 34.8 Å². The average Bonchev–Trinajstić information content (AvgIpc) is 2.92. The van der Waals surface area contributed by atoms with Gasteiger partial charge in [-0.05, 0) is 6.42 Å². The summed E-state index contributed by atoms with van der Waals surface area (Å²) >= 11 is 44.5. The van der Waals surface area contributed by atoms with Gasteiger partial charge in [-0.2, -0.15) is 8.42 Å². The Morgan fingerprint density at radius 1 is 1.08 bits per heavy atom. The van der Waals surface area contributed by atoms with E-state index in [1.807, 2.05) is 12.2 Å². The summed E-state index contributed by atoms with van der Waals surface area (Å²) in [4.78, 5) is -2.45. The second kappa shape index (κ2) is 6.79. The highest BCUT2D eigenvalue weighted by atomic mass is 35.5. The van der Waals surface area contributed by atoms with Crippen LogP contribution in [0.25, 0.3) is 0 Å². The predicted octanol–water partition coefficient (Wildman–Crippen LogP) is 5.53. The van der Waals surface area contributed by atoms with E-state index in [2.05, 4.69) is 0 Å². The van der Waals surface area contributed by atoms with E-state index < -0.39 is 24.2 Å². The van der Waals surface area contributed by atoms with Crippen LogP contribution < -0.4 is 0 Å². The Morgan fingerprint density at radius 3 is 2.00 bits per heavy atom. The fourth-order valence-corrected chi connectivity index (χ4v) is 7.37. The molecular weight excluding hydrogens is 484 g/mol. The molecule has 24 heavy (non-hydrogen) atoms. The van der Waals surface area contributed by atoms with Crippen LogP contribution in [-0.4, -0.2) is 38.2 Å². The largest absolute Gasteiger partial charge is 0.286 e. The van der Waals surface area contributed by atoms with E-state index in [1.54, 1.807) is 6.92 Å². The number of rotatable bonds is 2. The molecule has 3 aliphatic carbocycles. The lowest BCUT2D eigenvalue weighted by Crippen LogP contribution is -2.45. The number of hydrogen-bond acceptors (Lipinski definition) is 2. The molecule has 1 saturated carbocycles. The van der Waals surface area contributed by atoms with Crippen molar-refractivity contribution in [2.75, 3.05) is 5.75 Å². The zero-order chi connectivity index (χ0) is 18.7. The first-order valence-corrected chi connectivity index (χ1v) is 11.2. The lowest BCUT2D eigenvalue weighted by atomic mass is 9.84. The summed E-state index contributed by atoms with van der Waals surface area (Å²) in [5.74, 6) is -0.602. The highest BCUT2D eigenvalue weighted by molar-refractivity contribution is 7.85. The van der Waals surface area contributed by atoms with Crippen LogP contribution in [0, 0.1) is 11.8 Å². The standard InChI is InChI=1S/C10H5Cl7.C3H8O3S/c11-4-2-1-3-5(4)9(15)7(13)6(12)8(3,14)10(9,16)17;1-2-3-7(4,5)6/h1-5H;2-3H2,1H3,(H,4,5,6). The van der Waals surface area contributed by atoms with Crippen molar-refractivity contribution in [3.05, 3.63) is 22.2 Å². The Balaban J connectivity index is 0.000000256. The first kappa shape index (κ1) is 21.7. The van der Waals surface area contributed by atoms with Gasteiger partial charge in [0.25, 0.3) is 10.1 Å². The number of fused-ring (bicyclic) bond motifs is 5. The number of halogens is 7. The molecule has 5 unspecified atom stereocenters. The maximum absolute atomic E-state index is 9.79. The van der Waals surface area contributed by atoms with Crippen molar-refractivity contribution in [3.63, 3.8) is 0 Å². The van der Waals surface area contributed by atoms with E-state index in [0.717, 1.165) is 0 Å². The van der Waals surface area contributed by atoms with Gasteiger partial charge < -0.3 is 0 Å². The molecule has 3 rings (SSSR count). The summed E-state index contributed by atoms with van der Waals surface area (Å²) in [5.41, 5.74) is 0. The second-order valence-electron chi connectivity index (χ2n) is 5.79. The Morgan fingerprint density at radius 2 is 1.58 bits per heavy atom. The molecule has 0 aliphatic heterocycles. The zero-order valence-corrected chi connectivity index (χ0v) is 18.2. The van der Waals surface area contributed by atoms with Crippen molar-refractivity contribution >= 4 is 91.3 Å². The van der Waals surface area contributed by atoms with Crippen LogP contribution in [0.2, 0.25) is 0 Å². The fraction of sp³-hybridized carbons (Fsp3) is 0.692. The van der Waals surface area contributed by atoms with Crippen molar-refractivity contribution in [1.82, 2.24) is 0 Å². The maximum Gasteiger partial charge on any atom is 0.264 e. The first-order valence-electron chi connectivity index (χ1n) is 6.86. The number of alkyl halides is 5. The minimum absolute atomic E-state index is 0.132. The van der Waals surface area contributed by atoms with Gasteiger partial charge in [0.1, 0.15) is 9.75 Å². The smallest absolute Gasteiger partial charge is 0.264 e. The van der Waals surface area contributed by atoms with E-state index in [-0.39, 0.29) is 33.0 Å². The zero-order valence-electron chi connectivity index (χ0n) is 12.1. The highest BCUT2D eigenvalue weighted by Gasteiger charge is 2.83. The van der Waals surface area contributed by atoms with Crippen LogP contribution in [0.15, 0.2) is 22.2 Å². The van der Waals surface area contributed by atoms with Crippen LogP contribution in [0.5, 0.6) is 0 Å². The normalized spacial score (nSPS) is 42.1. The molecule has 0 aromatic heterocycles. The SMILES string of the molecule is CCCS(=O)(=O)O.ClC1=C(Cl)C2(Cl)C3C(Cl)C=CC3C1(Cl)C2(Cl)Cl. The molecule has 3 aliphatic rings. The van der Waals surface area contributed by atoms with E-state index in [4.69, 9.17) is 85.8 Å². The van der Waals surface area contributed by atoms with Gasteiger partial charge in [-0.3, -0.25) is 4.55 Å². The van der Waals surface area contributed by atoms with Crippen LogP contribution in [0.3, 0.4) is 0 Å². The minimum Gasteiger partial charge on any atom is -0.286 e. The van der Waals surface area contributed by atoms with E-state index in [0.29, 0.717) is 6.42 Å². The summed E-state index contributed by atoms with van der Waals surface area (Å²) in [5, 5.41) is 0.113. The third kappa shape index (κ3) is 2.84. The highest BCUT2D eigenvalue weighted by Crippen LogP contribution is 2.78. The van der Waals surface area contributed by atoms with Crippen LogP contribution in [0.1, 0.15) is 13.3 Å². The summed E-state index contributed by atoms with van der Waals surface area (Å²) in [6.07, 6.45) is 4.16. The monoisotopic (exact) mass is 494 g/mol. The number of allylic oxidation sites excluding steroid dienone is 4. The lowest BCUT2D eigenvalue weighted by molar-refractivity contribution is 0.420. The van der Waals surface area contributed by atoms with Gasteiger partial charge in [0, 0.05) is 11.8 Å². The van der Waals surface area contributed by atoms with Crippen molar-refractivity contribution < 1.29 is 13.0 Å². The average molecular weight is 497 g/mol. The first-order chi connectivity index (χ1) is 10.8. The van der Waals surface area contributed by atoms with E-state index >= 15 is 0 Å².